The minimum atomic E-state index is -0.757. The van der Waals surface area contributed by atoms with Crippen LogP contribution in [0.4, 0.5) is 8.78 Å². The lowest BCUT2D eigenvalue weighted by atomic mass is 9.88. The third kappa shape index (κ3) is 3.43. The summed E-state index contributed by atoms with van der Waals surface area (Å²) in [6, 6.07) is 4.83. The first-order chi connectivity index (χ1) is 10.0. The number of halogens is 2. The van der Waals surface area contributed by atoms with Crippen molar-refractivity contribution in [1.82, 2.24) is 10.2 Å². The summed E-state index contributed by atoms with van der Waals surface area (Å²) in [7, 11) is 0. The molecule has 1 aromatic carbocycles. The van der Waals surface area contributed by atoms with Gasteiger partial charge in [0.25, 0.3) is 0 Å². The SMILES string of the molecule is CCC1CNC(CC)(CC)CN1Cc1cccc(F)c1F. The highest BCUT2D eigenvalue weighted by Crippen LogP contribution is 2.26. The Bertz CT molecular complexity index is 472. The topological polar surface area (TPSA) is 15.3 Å². The second kappa shape index (κ2) is 6.84. The number of nitrogens with zero attached hydrogens (tertiary/aromatic N) is 1. The first kappa shape index (κ1) is 16.4. The molecule has 1 saturated heterocycles. The van der Waals surface area contributed by atoms with E-state index in [1.54, 1.807) is 12.1 Å². The Morgan fingerprint density at radius 3 is 2.57 bits per heavy atom. The lowest BCUT2D eigenvalue weighted by molar-refractivity contribution is 0.0633. The van der Waals surface area contributed by atoms with Crippen LogP contribution in [0.2, 0.25) is 0 Å². The van der Waals surface area contributed by atoms with Gasteiger partial charge in [-0.25, -0.2) is 8.78 Å². The number of benzene rings is 1. The molecule has 0 bridgehead atoms. The second-order valence-electron chi connectivity index (χ2n) is 6.05. The van der Waals surface area contributed by atoms with Gasteiger partial charge in [0.15, 0.2) is 11.6 Å². The van der Waals surface area contributed by atoms with E-state index in [0.717, 1.165) is 32.4 Å². The maximum Gasteiger partial charge on any atom is 0.163 e. The number of rotatable bonds is 5. The maximum atomic E-state index is 13.9. The minimum Gasteiger partial charge on any atom is -0.308 e. The number of nitrogens with one attached hydrogen (secondary N) is 1. The molecule has 1 fully saturated rings. The molecule has 1 atom stereocenters. The fraction of sp³-hybridized carbons (Fsp3) is 0.647. The van der Waals surface area contributed by atoms with Crippen molar-refractivity contribution in [2.75, 3.05) is 13.1 Å². The molecule has 0 saturated carbocycles. The molecule has 1 N–H and O–H groups in total. The highest BCUT2D eigenvalue weighted by Gasteiger charge is 2.36. The third-order valence-electron chi connectivity index (χ3n) is 4.96. The molecule has 0 amide bonds. The zero-order valence-electron chi connectivity index (χ0n) is 13.3. The van der Waals surface area contributed by atoms with Crippen LogP contribution >= 0.6 is 0 Å². The summed E-state index contributed by atoms with van der Waals surface area (Å²) in [4.78, 5) is 2.31. The summed E-state index contributed by atoms with van der Waals surface area (Å²) < 4.78 is 27.3. The standard InChI is InChI=1S/C17H26F2N2/c1-4-14-10-20-17(5-2,6-3)12-21(14)11-13-8-7-9-15(18)16(13)19/h7-9,14,20H,4-6,10-12H2,1-3H3. The predicted octanol–water partition coefficient (Wildman–Crippen LogP) is 3.71. The Morgan fingerprint density at radius 1 is 1.24 bits per heavy atom. The van der Waals surface area contributed by atoms with E-state index in [4.69, 9.17) is 0 Å². The van der Waals surface area contributed by atoms with Gasteiger partial charge in [-0.1, -0.05) is 32.9 Å². The molecular formula is C17H26F2N2. The lowest BCUT2D eigenvalue weighted by Crippen LogP contribution is -2.63. The number of piperazine rings is 1. The normalized spacial score (nSPS) is 22.4. The van der Waals surface area contributed by atoms with Gasteiger partial charge in [-0.15, -0.1) is 0 Å². The van der Waals surface area contributed by atoms with Crippen molar-refractivity contribution in [2.45, 2.75) is 58.2 Å². The molecule has 1 aliphatic rings. The molecule has 1 unspecified atom stereocenters. The molecule has 0 radical (unpaired) electrons. The molecule has 1 aliphatic heterocycles. The fourth-order valence-corrected chi connectivity index (χ4v) is 3.24. The highest BCUT2D eigenvalue weighted by atomic mass is 19.2. The van der Waals surface area contributed by atoms with Crippen LogP contribution in [0.15, 0.2) is 18.2 Å². The van der Waals surface area contributed by atoms with Crippen LogP contribution < -0.4 is 5.32 Å². The highest BCUT2D eigenvalue weighted by molar-refractivity contribution is 5.19. The Balaban J connectivity index is 2.20. The smallest absolute Gasteiger partial charge is 0.163 e. The van der Waals surface area contributed by atoms with Gasteiger partial charge in [0.1, 0.15) is 0 Å². The Hall–Kier alpha value is -1.00. The van der Waals surface area contributed by atoms with Crippen LogP contribution in [0.5, 0.6) is 0 Å². The van der Waals surface area contributed by atoms with Crippen LogP contribution in [0.1, 0.15) is 45.6 Å². The average Bonchev–Trinajstić information content (AvgIpc) is 2.51. The van der Waals surface area contributed by atoms with Gasteiger partial charge in [-0.2, -0.15) is 0 Å². The van der Waals surface area contributed by atoms with Crippen LogP contribution in [0.3, 0.4) is 0 Å². The molecule has 4 heteroatoms. The maximum absolute atomic E-state index is 13.9. The van der Waals surface area contributed by atoms with E-state index >= 15 is 0 Å². The van der Waals surface area contributed by atoms with Crippen molar-refractivity contribution in [1.29, 1.82) is 0 Å². The quantitative estimate of drug-likeness (QED) is 0.891. The summed E-state index contributed by atoms with van der Waals surface area (Å²) in [6.07, 6.45) is 3.09. The summed E-state index contributed by atoms with van der Waals surface area (Å²) in [5.41, 5.74) is 0.548. The predicted molar refractivity (Wildman–Crippen MR) is 82.2 cm³/mol. The minimum absolute atomic E-state index is 0.0927. The molecule has 1 aromatic rings. The first-order valence-corrected chi connectivity index (χ1v) is 7.97. The summed E-state index contributed by atoms with van der Waals surface area (Å²) in [5.74, 6) is -1.46. The molecule has 2 rings (SSSR count). The van der Waals surface area contributed by atoms with Crippen molar-refractivity contribution in [3.05, 3.63) is 35.4 Å². The van der Waals surface area contributed by atoms with E-state index in [9.17, 15) is 8.78 Å². The van der Waals surface area contributed by atoms with Gasteiger partial charge in [-0.3, -0.25) is 4.90 Å². The van der Waals surface area contributed by atoms with Crippen LogP contribution in [0, 0.1) is 11.6 Å². The van der Waals surface area contributed by atoms with E-state index in [-0.39, 0.29) is 5.54 Å². The summed E-state index contributed by atoms with van der Waals surface area (Å²) in [5, 5.41) is 3.67. The van der Waals surface area contributed by atoms with Gasteiger partial charge in [-0.05, 0) is 25.3 Å². The van der Waals surface area contributed by atoms with Crippen molar-refractivity contribution in [3.63, 3.8) is 0 Å². The first-order valence-electron chi connectivity index (χ1n) is 7.97. The molecule has 0 aliphatic carbocycles. The van der Waals surface area contributed by atoms with Gasteiger partial charge >= 0.3 is 0 Å². The molecule has 118 valence electrons. The Labute approximate surface area is 126 Å². The van der Waals surface area contributed by atoms with Gasteiger partial charge in [0.05, 0.1) is 0 Å². The van der Waals surface area contributed by atoms with E-state index in [0.29, 0.717) is 18.2 Å². The van der Waals surface area contributed by atoms with Crippen molar-refractivity contribution in [2.24, 2.45) is 0 Å². The monoisotopic (exact) mass is 296 g/mol. The van der Waals surface area contributed by atoms with Crippen molar-refractivity contribution in [3.8, 4) is 0 Å². The van der Waals surface area contributed by atoms with Crippen molar-refractivity contribution >= 4 is 0 Å². The molecule has 2 nitrogen and oxygen atoms in total. The van der Waals surface area contributed by atoms with Crippen LogP contribution in [0.25, 0.3) is 0 Å². The largest absolute Gasteiger partial charge is 0.308 e. The fourth-order valence-electron chi connectivity index (χ4n) is 3.24. The van der Waals surface area contributed by atoms with E-state index in [1.165, 1.54) is 6.07 Å². The summed E-state index contributed by atoms with van der Waals surface area (Å²) in [6.45, 7) is 8.79. The molecular weight excluding hydrogens is 270 g/mol. The second-order valence-corrected chi connectivity index (χ2v) is 6.05. The van der Waals surface area contributed by atoms with Crippen molar-refractivity contribution < 1.29 is 8.78 Å². The summed E-state index contributed by atoms with van der Waals surface area (Å²) >= 11 is 0. The molecule has 21 heavy (non-hydrogen) atoms. The number of hydrogen-bond donors (Lipinski definition) is 1. The van der Waals surface area contributed by atoms with E-state index in [2.05, 4.69) is 31.0 Å². The zero-order chi connectivity index (χ0) is 15.5. The Morgan fingerprint density at radius 2 is 1.95 bits per heavy atom. The molecule has 1 heterocycles. The zero-order valence-corrected chi connectivity index (χ0v) is 13.3. The third-order valence-corrected chi connectivity index (χ3v) is 4.96. The molecule has 0 aromatic heterocycles. The number of hydrogen-bond acceptors (Lipinski definition) is 2. The van der Waals surface area contributed by atoms with E-state index < -0.39 is 11.6 Å². The van der Waals surface area contributed by atoms with Gasteiger partial charge < -0.3 is 5.32 Å². The Kier molecular flexibility index (Phi) is 5.33. The van der Waals surface area contributed by atoms with Crippen LogP contribution in [-0.2, 0) is 6.54 Å². The van der Waals surface area contributed by atoms with Crippen LogP contribution in [-0.4, -0.2) is 29.6 Å². The lowest BCUT2D eigenvalue weighted by Gasteiger charge is -2.47. The average molecular weight is 296 g/mol. The molecule has 0 spiro atoms. The van der Waals surface area contributed by atoms with Gasteiger partial charge in [0.2, 0.25) is 0 Å². The van der Waals surface area contributed by atoms with Gasteiger partial charge in [0, 0.05) is 36.8 Å². The van der Waals surface area contributed by atoms with E-state index in [1.807, 2.05) is 0 Å².